The number of benzene rings is 1. The molecule has 2 heterocycles. The van der Waals surface area contributed by atoms with Crippen LogP contribution in [0.5, 0.6) is 0 Å². The van der Waals surface area contributed by atoms with Crippen molar-refractivity contribution in [3.63, 3.8) is 0 Å². The summed E-state index contributed by atoms with van der Waals surface area (Å²) in [5, 5.41) is 1.33. The van der Waals surface area contributed by atoms with E-state index in [1.54, 1.807) is 0 Å². The van der Waals surface area contributed by atoms with Crippen molar-refractivity contribution in [3.8, 4) is 0 Å². The molecule has 0 saturated heterocycles. The summed E-state index contributed by atoms with van der Waals surface area (Å²) in [4.78, 5) is 3.45. The van der Waals surface area contributed by atoms with Crippen molar-refractivity contribution in [1.29, 1.82) is 0 Å². The molecule has 18 heavy (non-hydrogen) atoms. The summed E-state index contributed by atoms with van der Waals surface area (Å²) in [7, 11) is 0. The summed E-state index contributed by atoms with van der Waals surface area (Å²) >= 11 is 0. The van der Waals surface area contributed by atoms with Crippen molar-refractivity contribution in [1.82, 2.24) is 4.98 Å². The van der Waals surface area contributed by atoms with E-state index < -0.39 is 0 Å². The van der Waals surface area contributed by atoms with E-state index in [4.69, 9.17) is 4.74 Å². The van der Waals surface area contributed by atoms with Crippen LogP contribution in [0.25, 0.3) is 10.9 Å². The summed E-state index contributed by atoms with van der Waals surface area (Å²) in [5.41, 5.74) is 3.75. The third-order valence-corrected chi connectivity index (χ3v) is 3.24. The fraction of sp³-hybridized carbons (Fsp3) is 0.286. The standard InChI is InChI=1S/C14H15NO.2Y/c1-3-12-14-13(9(2)8-16-12)10-6-4-5-7-11(10)15-14;;/h3-7,9,15H,8H2,1-2H3;;/q-2;;. The number of hydrogen-bond donors (Lipinski definition) is 1. The van der Waals surface area contributed by atoms with E-state index in [0.717, 1.165) is 18.4 Å². The minimum atomic E-state index is 0. The first-order valence-corrected chi connectivity index (χ1v) is 5.71. The van der Waals surface area contributed by atoms with Crippen LogP contribution in [-0.2, 0) is 70.2 Å². The Kier molecular flexibility index (Phi) is 6.55. The molecule has 0 aliphatic carbocycles. The maximum Gasteiger partial charge on any atom is 0.0253 e. The molecule has 90 valence electrons. The quantitative estimate of drug-likeness (QED) is 0.741. The molecule has 0 bridgehead atoms. The maximum atomic E-state index is 5.73. The molecule has 4 heteroatoms. The summed E-state index contributed by atoms with van der Waals surface area (Å²) in [6, 6.07) is 8.45. The Labute approximate surface area is 158 Å². The van der Waals surface area contributed by atoms with Gasteiger partial charge in [-0.2, -0.15) is 5.56 Å². The topological polar surface area (TPSA) is 25.0 Å². The molecule has 1 N–H and O–H groups in total. The fourth-order valence-corrected chi connectivity index (χ4v) is 2.47. The fourth-order valence-electron chi connectivity index (χ4n) is 2.47. The molecule has 1 unspecified atom stereocenters. The zero-order valence-corrected chi connectivity index (χ0v) is 16.4. The Balaban J connectivity index is 0.000000810. The second-order valence-corrected chi connectivity index (χ2v) is 4.32. The van der Waals surface area contributed by atoms with Crippen LogP contribution in [0.3, 0.4) is 0 Å². The van der Waals surface area contributed by atoms with E-state index in [2.05, 4.69) is 36.2 Å². The molecule has 0 saturated carbocycles. The van der Waals surface area contributed by atoms with Gasteiger partial charge < -0.3 is 16.1 Å². The van der Waals surface area contributed by atoms with Crippen LogP contribution in [0.4, 0.5) is 0 Å². The third-order valence-electron chi connectivity index (χ3n) is 3.24. The Morgan fingerprint density at radius 1 is 1.33 bits per heavy atom. The van der Waals surface area contributed by atoms with Crippen molar-refractivity contribution in [3.05, 3.63) is 48.0 Å². The number of para-hydroxylation sites is 1. The molecular weight excluding hydrogens is 376 g/mol. The number of aromatic nitrogens is 1. The van der Waals surface area contributed by atoms with Crippen LogP contribution in [0, 0.1) is 12.5 Å². The van der Waals surface area contributed by atoms with Gasteiger partial charge in [0.1, 0.15) is 0 Å². The predicted octanol–water partition coefficient (Wildman–Crippen LogP) is 3.40. The maximum absolute atomic E-state index is 5.73. The summed E-state index contributed by atoms with van der Waals surface area (Å²) in [6.45, 7) is 5.00. The SMILES string of the molecule is C[CH-][C-]1OCC(C)c2c1[nH]c1ccccc21.[Y].[Y]. The largest absolute Gasteiger partial charge is 0.470 e. The van der Waals surface area contributed by atoms with E-state index in [9.17, 15) is 0 Å². The molecule has 1 aliphatic heterocycles. The summed E-state index contributed by atoms with van der Waals surface area (Å²) < 4.78 is 5.73. The van der Waals surface area contributed by atoms with E-state index in [1.165, 1.54) is 16.5 Å². The van der Waals surface area contributed by atoms with Crippen molar-refractivity contribution in [2.75, 3.05) is 6.61 Å². The van der Waals surface area contributed by atoms with Crippen molar-refractivity contribution < 1.29 is 70.2 Å². The summed E-state index contributed by atoms with van der Waals surface area (Å²) in [6.07, 6.45) is 3.00. The first-order valence-electron chi connectivity index (χ1n) is 5.71. The first kappa shape index (κ1) is 16.9. The average Bonchev–Trinajstić information content (AvgIpc) is 2.69. The molecule has 0 spiro atoms. The second kappa shape index (κ2) is 6.99. The molecule has 2 radical (unpaired) electrons. The van der Waals surface area contributed by atoms with Gasteiger partial charge in [-0.3, -0.25) is 0 Å². The van der Waals surface area contributed by atoms with Gasteiger partial charge in [0.25, 0.3) is 0 Å². The number of hydrogen-bond acceptors (Lipinski definition) is 1. The molecule has 0 amide bonds. The van der Waals surface area contributed by atoms with Crippen LogP contribution < -0.4 is 0 Å². The van der Waals surface area contributed by atoms with Crippen LogP contribution >= 0.6 is 0 Å². The predicted molar refractivity (Wildman–Crippen MR) is 65.0 cm³/mol. The zero-order chi connectivity index (χ0) is 11.1. The monoisotopic (exact) mass is 391 g/mol. The van der Waals surface area contributed by atoms with Crippen LogP contribution in [-0.4, -0.2) is 11.6 Å². The Bertz CT molecular complexity index is 523. The van der Waals surface area contributed by atoms with E-state index in [0.29, 0.717) is 5.92 Å². The van der Waals surface area contributed by atoms with Gasteiger partial charge in [-0.15, -0.1) is 5.69 Å². The average molecular weight is 391 g/mol. The van der Waals surface area contributed by atoms with Gasteiger partial charge >= 0.3 is 0 Å². The van der Waals surface area contributed by atoms with E-state index in [-0.39, 0.29) is 65.4 Å². The number of fused-ring (bicyclic) bond motifs is 3. The zero-order valence-electron chi connectivity index (χ0n) is 10.7. The van der Waals surface area contributed by atoms with Crippen molar-refractivity contribution in [2.24, 2.45) is 0 Å². The van der Waals surface area contributed by atoms with Gasteiger partial charge in [-0.05, 0) is 6.07 Å². The van der Waals surface area contributed by atoms with E-state index >= 15 is 0 Å². The van der Waals surface area contributed by atoms with E-state index in [1.807, 2.05) is 13.3 Å². The Morgan fingerprint density at radius 2 is 2.06 bits per heavy atom. The number of ether oxygens (including phenoxy) is 1. The van der Waals surface area contributed by atoms with Gasteiger partial charge in [0, 0.05) is 77.5 Å². The Morgan fingerprint density at radius 3 is 2.78 bits per heavy atom. The van der Waals surface area contributed by atoms with Crippen LogP contribution in [0.1, 0.15) is 31.0 Å². The first-order chi connectivity index (χ1) is 7.81. The van der Waals surface area contributed by atoms with Crippen LogP contribution in [0.15, 0.2) is 24.3 Å². The molecule has 2 nitrogen and oxygen atoms in total. The van der Waals surface area contributed by atoms with Gasteiger partial charge in [-0.25, -0.2) is 13.0 Å². The van der Waals surface area contributed by atoms with Gasteiger partial charge in [0.05, 0.1) is 0 Å². The molecule has 2 aromatic rings. The minimum Gasteiger partial charge on any atom is -0.470 e. The van der Waals surface area contributed by atoms with Crippen LogP contribution in [0.2, 0.25) is 0 Å². The van der Waals surface area contributed by atoms with Crippen molar-refractivity contribution >= 4 is 10.9 Å². The normalized spacial score (nSPS) is 17.9. The molecule has 1 atom stereocenters. The Hall–Kier alpha value is 0.798. The second-order valence-electron chi connectivity index (χ2n) is 4.32. The van der Waals surface area contributed by atoms with Gasteiger partial charge in [0.15, 0.2) is 0 Å². The molecule has 1 aliphatic rings. The number of rotatable bonds is 1. The minimum absolute atomic E-state index is 0. The van der Waals surface area contributed by atoms with Gasteiger partial charge in [0.2, 0.25) is 0 Å². The third kappa shape index (κ3) is 2.79. The van der Waals surface area contributed by atoms with Gasteiger partial charge in [-0.1, -0.05) is 36.4 Å². The number of aromatic amines is 1. The number of nitrogens with one attached hydrogen (secondary N) is 1. The molecule has 1 aromatic carbocycles. The summed E-state index contributed by atoms with van der Waals surface area (Å²) in [5.74, 6) is 0.454. The molecular formula is C14H15NOY2-2. The molecule has 3 rings (SSSR count). The van der Waals surface area contributed by atoms with Crippen molar-refractivity contribution in [2.45, 2.75) is 19.8 Å². The molecule has 0 fully saturated rings. The smallest absolute Gasteiger partial charge is 0.0253 e. The molecule has 1 aromatic heterocycles. The number of H-pyrrole nitrogens is 1.